The van der Waals surface area contributed by atoms with Crippen molar-refractivity contribution in [2.75, 3.05) is 52.4 Å². The maximum Gasteiger partial charge on any atom is 0.236 e. The van der Waals surface area contributed by atoms with Crippen molar-refractivity contribution in [2.24, 2.45) is 0 Å². The molecule has 1 aromatic heterocycles. The summed E-state index contributed by atoms with van der Waals surface area (Å²) < 4.78 is 0. The molecule has 3 heterocycles. The molecule has 0 unspecified atom stereocenters. The summed E-state index contributed by atoms with van der Waals surface area (Å²) in [6.45, 7) is 5.05. The molecular formula is C21H30N4O4S. The van der Waals surface area contributed by atoms with Crippen molar-refractivity contribution in [1.29, 1.82) is 0 Å². The fraction of sp³-hybridized carbons (Fsp3) is 0.619. The minimum Gasteiger partial charge on any atom is -0.356 e. The molecule has 2 aliphatic heterocycles. The van der Waals surface area contributed by atoms with Crippen molar-refractivity contribution in [3.63, 3.8) is 0 Å². The number of hydrogen-bond donors (Lipinski definition) is 1. The van der Waals surface area contributed by atoms with Gasteiger partial charge >= 0.3 is 0 Å². The van der Waals surface area contributed by atoms with Crippen LogP contribution in [0, 0.1) is 0 Å². The lowest BCUT2D eigenvalue weighted by Gasteiger charge is -2.35. The van der Waals surface area contributed by atoms with E-state index >= 15 is 0 Å². The van der Waals surface area contributed by atoms with Crippen LogP contribution >= 0.6 is 11.3 Å². The fourth-order valence-corrected chi connectivity index (χ4v) is 4.45. The number of likely N-dealkylation sites (tertiary alicyclic amines) is 1. The smallest absolute Gasteiger partial charge is 0.236 e. The van der Waals surface area contributed by atoms with Gasteiger partial charge in [0.05, 0.1) is 11.4 Å². The zero-order valence-corrected chi connectivity index (χ0v) is 18.1. The van der Waals surface area contributed by atoms with Crippen molar-refractivity contribution >= 4 is 34.8 Å². The molecular weight excluding hydrogens is 404 g/mol. The second-order valence-corrected chi connectivity index (χ2v) is 8.69. The Morgan fingerprint density at radius 3 is 2.23 bits per heavy atom. The van der Waals surface area contributed by atoms with Crippen molar-refractivity contribution in [3.05, 3.63) is 22.4 Å². The minimum absolute atomic E-state index is 0.00970. The van der Waals surface area contributed by atoms with E-state index in [9.17, 15) is 19.2 Å². The monoisotopic (exact) mass is 434 g/mol. The number of piperazine rings is 1. The number of carbonyl (C=O) groups excluding carboxylic acids is 4. The van der Waals surface area contributed by atoms with Crippen LogP contribution in [-0.4, -0.2) is 90.6 Å². The molecule has 3 amide bonds. The Hall–Kier alpha value is -2.26. The number of nitrogens with one attached hydrogen (secondary N) is 1. The third-order valence-corrected chi connectivity index (χ3v) is 6.49. The summed E-state index contributed by atoms with van der Waals surface area (Å²) in [5.41, 5.74) is 0. The van der Waals surface area contributed by atoms with E-state index in [2.05, 4.69) is 10.2 Å². The van der Waals surface area contributed by atoms with Crippen molar-refractivity contribution < 1.29 is 19.2 Å². The highest BCUT2D eigenvalue weighted by Crippen LogP contribution is 2.12. The van der Waals surface area contributed by atoms with E-state index in [0.717, 1.165) is 25.9 Å². The summed E-state index contributed by atoms with van der Waals surface area (Å²) in [6, 6.07) is 3.57. The molecule has 2 saturated heterocycles. The molecule has 9 heteroatoms. The molecule has 3 rings (SSSR count). The van der Waals surface area contributed by atoms with Crippen molar-refractivity contribution in [3.8, 4) is 0 Å². The Morgan fingerprint density at radius 2 is 1.57 bits per heavy atom. The van der Waals surface area contributed by atoms with E-state index < -0.39 is 0 Å². The Kier molecular flexibility index (Phi) is 8.39. The molecule has 0 atom stereocenters. The van der Waals surface area contributed by atoms with Gasteiger partial charge in [0.2, 0.25) is 17.7 Å². The molecule has 0 radical (unpaired) electrons. The lowest BCUT2D eigenvalue weighted by Crippen LogP contribution is -2.51. The van der Waals surface area contributed by atoms with E-state index in [0.29, 0.717) is 37.6 Å². The van der Waals surface area contributed by atoms with E-state index in [4.69, 9.17) is 0 Å². The van der Waals surface area contributed by atoms with E-state index in [-0.39, 0.29) is 49.3 Å². The Morgan fingerprint density at radius 1 is 0.867 bits per heavy atom. The summed E-state index contributed by atoms with van der Waals surface area (Å²) in [5.74, 6) is -0.0432. The largest absolute Gasteiger partial charge is 0.356 e. The van der Waals surface area contributed by atoms with Gasteiger partial charge in [0, 0.05) is 65.1 Å². The highest BCUT2D eigenvalue weighted by Gasteiger charge is 2.25. The molecule has 0 bridgehead atoms. The molecule has 1 aromatic rings. The van der Waals surface area contributed by atoms with Gasteiger partial charge in [-0.3, -0.25) is 24.1 Å². The number of amides is 3. The van der Waals surface area contributed by atoms with E-state index in [1.165, 1.54) is 11.3 Å². The average Bonchev–Trinajstić information content (AvgIpc) is 3.46. The van der Waals surface area contributed by atoms with Crippen LogP contribution in [0.3, 0.4) is 0 Å². The normalized spacial score (nSPS) is 17.2. The Balaban J connectivity index is 1.27. The summed E-state index contributed by atoms with van der Waals surface area (Å²) in [4.78, 5) is 54.9. The predicted molar refractivity (Wildman–Crippen MR) is 114 cm³/mol. The standard InChI is InChI=1S/C21H30N4O4S/c26-17(18-4-3-15-30-18)5-6-19(27)22-8-7-20(28)25-13-11-23(12-14-25)16-21(29)24-9-1-2-10-24/h3-4,15H,1-2,5-14,16H2,(H,22,27). The van der Waals surface area contributed by atoms with Gasteiger partial charge in [-0.1, -0.05) is 6.07 Å². The lowest BCUT2D eigenvalue weighted by atomic mass is 10.2. The van der Waals surface area contributed by atoms with Crippen LogP contribution in [0.4, 0.5) is 0 Å². The molecule has 0 spiro atoms. The lowest BCUT2D eigenvalue weighted by molar-refractivity contribution is -0.134. The van der Waals surface area contributed by atoms with E-state index in [1.54, 1.807) is 11.0 Å². The number of carbonyl (C=O) groups is 4. The fourth-order valence-electron chi connectivity index (χ4n) is 3.76. The molecule has 1 N–H and O–H groups in total. The number of hydrogen-bond acceptors (Lipinski definition) is 6. The number of ketones is 1. The quantitative estimate of drug-likeness (QED) is 0.586. The second kappa shape index (κ2) is 11.2. The zero-order chi connectivity index (χ0) is 21.3. The van der Waals surface area contributed by atoms with Crippen molar-refractivity contribution in [2.45, 2.75) is 32.1 Å². The first-order chi connectivity index (χ1) is 14.5. The van der Waals surface area contributed by atoms with Crippen LogP contribution in [0.1, 0.15) is 41.8 Å². The van der Waals surface area contributed by atoms with Gasteiger partial charge in [-0.2, -0.15) is 0 Å². The molecule has 30 heavy (non-hydrogen) atoms. The number of nitrogens with zero attached hydrogens (tertiary/aromatic N) is 3. The van der Waals surface area contributed by atoms with Crippen LogP contribution in [0.25, 0.3) is 0 Å². The maximum atomic E-state index is 12.4. The minimum atomic E-state index is -0.210. The summed E-state index contributed by atoms with van der Waals surface area (Å²) in [6.07, 6.45) is 2.75. The zero-order valence-electron chi connectivity index (χ0n) is 17.3. The second-order valence-electron chi connectivity index (χ2n) is 7.75. The Bertz CT molecular complexity index is 738. The Labute approximate surface area is 181 Å². The maximum absolute atomic E-state index is 12.4. The number of rotatable bonds is 9. The SMILES string of the molecule is O=C(CCC(=O)c1cccs1)NCCC(=O)N1CCN(CC(=O)N2CCCC2)CC1. The van der Waals surface area contributed by atoms with Crippen LogP contribution in [0.2, 0.25) is 0 Å². The molecule has 2 aliphatic rings. The first kappa shape index (κ1) is 22.4. The van der Waals surface area contributed by atoms with Gasteiger partial charge in [-0.25, -0.2) is 0 Å². The van der Waals surface area contributed by atoms with Crippen LogP contribution in [-0.2, 0) is 14.4 Å². The summed E-state index contributed by atoms with van der Waals surface area (Å²) >= 11 is 1.37. The van der Waals surface area contributed by atoms with Gasteiger partial charge < -0.3 is 15.1 Å². The van der Waals surface area contributed by atoms with Crippen LogP contribution in [0.15, 0.2) is 17.5 Å². The highest BCUT2D eigenvalue weighted by atomic mass is 32.1. The first-order valence-corrected chi connectivity index (χ1v) is 11.5. The summed E-state index contributed by atoms with van der Waals surface area (Å²) in [7, 11) is 0. The average molecular weight is 435 g/mol. The molecule has 0 saturated carbocycles. The molecule has 0 aromatic carbocycles. The van der Waals surface area contributed by atoms with Gasteiger partial charge in [0.15, 0.2) is 5.78 Å². The highest BCUT2D eigenvalue weighted by molar-refractivity contribution is 7.12. The molecule has 2 fully saturated rings. The van der Waals surface area contributed by atoms with Crippen molar-refractivity contribution in [1.82, 2.24) is 20.0 Å². The first-order valence-electron chi connectivity index (χ1n) is 10.6. The molecule has 8 nitrogen and oxygen atoms in total. The third kappa shape index (κ3) is 6.63. The topological polar surface area (TPSA) is 90.0 Å². The van der Waals surface area contributed by atoms with Crippen LogP contribution < -0.4 is 5.32 Å². The third-order valence-electron chi connectivity index (χ3n) is 5.58. The molecule has 164 valence electrons. The number of thiophene rings is 1. The van der Waals surface area contributed by atoms with Gasteiger partial charge in [-0.05, 0) is 24.3 Å². The number of Topliss-reactive ketones (excluding diaryl/α,β-unsaturated/α-hetero) is 1. The van der Waals surface area contributed by atoms with Gasteiger partial charge in [0.1, 0.15) is 0 Å². The van der Waals surface area contributed by atoms with E-state index in [1.807, 2.05) is 16.3 Å². The van der Waals surface area contributed by atoms with Crippen LogP contribution in [0.5, 0.6) is 0 Å². The predicted octanol–water partition coefficient (Wildman–Crippen LogP) is 0.984. The van der Waals surface area contributed by atoms with Gasteiger partial charge in [-0.15, -0.1) is 11.3 Å². The van der Waals surface area contributed by atoms with Gasteiger partial charge in [0.25, 0.3) is 0 Å². The summed E-state index contributed by atoms with van der Waals surface area (Å²) in [5, 5.41) is 4.56. The molecule has 0 aliphatic carbocycles.